The minimum atomic E-state index is -0.587. The number of aromatic amines is 2. The Labute approximate surface area is 191 Å². The first-order valence-electron chi connectivity index (χ1n) is 10.0. The van der Waals surface area contributed by atoms with Crippen LogP contribution in [0, 0.1) is 24.0 Å². The summed E-state index contributed by atoms with van der Waals surface area (Å²) in [5.41, 5.74) is 3.07. The molecule has 2 aromatic carbocycles. The van der Waals surface area contributed by atoms with Crippen LogP contribution >= 0.6 is 11.8 Å². The summed E-state index contributed by atoms with van der Waals surface area (Å²) in [5.74, 6) is 0.999. The van der Waals surface area contributed by atoms with Gasteiger partial charge in [0.15, 0.2) is 5.16 Å². The molecule has 0 unspecified atom stereocenters. The molecule has 33 heavy (non-hydrogen) atoms. The monoisotopic (exact) mass is 464 g/mol. The molecule has 0 aliphatic heterocycles. The van der Waals surface area contributed by atoms with Gasteiger partial charge in [0, 0.05) is 36.1 Å². The highest BCUT2D eigenvalue weighted by molar-refractivity contribution is 7.98. The van der Waals surface area contributed by atoms with E-state index in [1.807, 2.05) is 42.7 Å². The van der Waals surface area contributed by atoms with Crippen LogP contribution in [0.4, 0.5) is 5.69 Å². The highest BCUT2D eigenvalue weighted by Gasteiger charge is 2.18. The minimum Gasteiger partial charge on any atom is -0.311 e. The molecule has 0 fully saturated rings. The first-order valence-corrected chi connectivity index (χ1v) is 11.0. The third-order valence-electron chi connectivity index (χ3n) is 4.96. The number of non-ortho nitro benzene ring substituents is 1. The molecule has 2 heterocycles. The van der Waals surface area contributed by atoms with Crippen molar-refractivity contribution < 1.29 is 4.92 Å². The maximum Gasteiger partial charge on any atom is 0.325 e. The molecule has 0 aliphatic rings. The van der Waals surface area contributed by atoms with Crippen LogP contribution in [-0.4, -0.2) is 29.7 Å². The van der Waals surface area contributed by atoms with Crippen LogP contribution in [0.3, 0.4) is 0 Å². The van der Waals surface area contributed by atoms with Crippen LogP contribution < -0.4 is 11.2 Å². The Bertz CT molecular complexity index is 1430. The Kier molecular flexibility index (Phi) is 6.22. The van der Waals surface area contributed by atoms with Gasteiger partial charge in [-0.25, -0.2) is 4.79 Å². The van der Waals surface area contributed by atoms with Crippen LogP contribution in [0.15, 0.2) is 63.3 Å². The van der Waals surface area contributed by atoms with Gasteiger partial charge in [0.1, 0.15) is 5.82 Å². The Morgan fingerprint density at radius 1 is 1.06 bits per heavy atom. The number of rotatable bonds is 7. The summed E-state index contributed by atoms with van der Waals surface area (Å²) < 4.78 is 1.89. The van der Waals surface area contributed by atoms with Gasteiger partial charge < -0.3 is 4.98 Å². The Balaban J connectivity index is 1.73. The highest BCUT2D eigenvalue weighted by Crippen LogP contribution is 2.29. The zero-order chi connectivity index (χ0) is 23.5. The molecule has 0 aliphatic carbocycles. The van der Waals surface area contributed by atoms with Crippen LogP contribution in [0.1, 0.15) is 28.2 Å². The fourth-order valence-corrected chi connectivity index (χ4v) is 4.31. The van der Waals surface area contributed by atoms with Crippen molar-refractivity contribution in [2.45, 2.75) is 31.2 Å². The second-order valence-corrected chi connectivity index (χ2v) is 8.47. The van der Waals surface area contributed by atoms with E-state index in [0.29, 0.717) is 22.4 Å². The van der Waals surface area contributed by atoms with E-state index in [4.69, 9.17) is 0 Å². The average molecular weight is 465 g/mol. The van der Waals surface area contributed by atoms with E-state index >= 15 is 0 Å². The van der Waals surface area contributed by atoms with Gasteiger partial charge in [0.25, 0.3) is 11.2 Å². The smallest absolute Gasteiger partial charge is 0.311 e. The lowest BCUT2D eigenvalue weighted by Gasteiger charge is -2.14. The number of hydrogen-bond acceptors (Lipinski definition) is 7. The lowest BCUT2D eigenvalue weighted by molar-refractivity contribution is -0.384. The zero-order valence-electron chi connectivity index (χ0n) is 17.9. The van der Waals surface area contributed by atoms with Gasteiger partial charge in [0.05, 0.1) is 10.6 Å². The van der Waals surface area contributed by atoms with Crippen molar-refractivity contribution in [3.05, 3.63) is 108 Å². The topological polar surface area (TPSA) is 140 Å². The maximum atomic E-state index is 11.7. The Morgan fingerprint density at radius 3 is 2.64 bits per heavy atom. The SMILES string of the molecule is Cc1ccc(C)c(-n2c(Cc3cc(=O)[nH]c(=O)[nH]3)nnc2SCc2cccc([N+](=O)[O-])c2)c1. The first kappa shape index (κ1) is 22.2. The largest absolute Gasteiger partial charge is 0.325 e. The van der Waals surface area contributed by atoms with Crippen LogP contribution in [-0.2, 0) is 12.2 Å². The van der Waals surface area contributed by atoms with E-state index in [2.05, 4.69) is 20.2 Å². The van der Waals surface area contributed by atoms with E-state index in [1.165, 1.54) is 30.0 Å². The fourth-order valence-electron chi connectivity index (χ4n) is 3.40. The van der Waals surface area contributed by atoms with Crippen LogP contribution in [0.25, 0.3) is 5.69 Å². The Hall–Kier alpha value is -3.99. The van der Waals surface area contributed by atoms with Crippen molar-refractivity contribution in [2.75, 3.05) is 0 Å². The molecule has 4 rings (SSSR count). The highest BCUT2D eigenvalue weighted by atomic mass is 32.2. The summed E-state index contributed by atoms with van der Waals surface area (Å²) in [7, 11) is 0. The molecular weight excluding hydrogens is 444 g/mol. The van der Waals surface area contributed by atoms with Gasteiger partial charge in [-0.15, -0.1) is 10.2 Å². The van der Waals surface area contributed by atoms with Crippen molar-refractivity contribution in [1.82, 2.24) is 24.7 Å². The summed E-state index contributed by atoms with van der Waals surface area (Å²) in [4.78, 5) is 38.8. The number of aromatic nitrogens is 5. The number of aryl methyl sites for hydroxylation is 2. The molecule has 11 heteroatoms. The summed E-state index contributed by atoms with van der Waals surface area (Å²) in [6.07, 6.45) is 0.191. The number of nitrogens with one attached hydrogen (secondary N) is 2. The van der Waals surface area contributed by atoms with Gasteiger partial charge >= 0.3 is 5.69 Å². The first-order chi connectivity index (χ1) is 15.8. The molecule has 2 N–H and O–H groups in total. The van der Waals surface area contributed by atoms with Gasteiger partial charge in [-0.3, -0.25) is 24.5 Å². The maximum absolute atomic E-state index is 11.7. The van der Waals surface area contributed by atoms with Gasteiger partial charge in [0.2, 0.25) is 0 Å². The molecule has 168 valence electrons. The number of hydrogen-bond donors (Lipinski definition) is 2. The van der Waals surface area contributed by atoms with Crippen molar-refractivity contribution in [3.63, 3.8) is 0 Å². The van der Waals surface area contributed by atoms with Crippen molar-refractivity contribution in [1.29, 1.82) is 0 Å². The van der Waals surface area contributed by atoms with Crippen molar-refractivity contribution >= 4 is 17.4 Å². The Morgan fingerprint density at radius 2 is 1.88 bits per heavy atom. The van der Waals surface area contributed by atoms with Gasteiger partial charge in [-0.05, 0) is 36.6 Å². The fraction of sp³-hybridized carbons (Fsp3) is 0.182. The molecule has 0 spiro atoms. The second-order valence-electron chi connectivity index (χ2n) is 7.53. The molecule has 0 saturated carbocycles. The number of thioether (sulfide) groups is 1. The molecule has 4 aromatic rings. The third kappa shape index (κ3) is 5.09. The summed E-state index contributed by atoms with van der Waals surface area (Å²) >= 11 is 1.39. The predicted octanol–water partition coefficient (Wildman–Crippen LogP) is 3.05. The molecule has 0 atom stereocenters. The van der Waals surface area contributed by atoms with E-state index in [1.54, 1.807) is 6.07 Å². The van der Waals surface area contributed by atoms with Gasteiger partial charge in [-0.2, -0.15) is 0 Å². The number of benzene rings is 2. The molecule has 0 saturated heterocycles. The average Bonchev–Trinajstić information content (AvgIpc) is 3.15. The lowest BCUT2D eigenvalue weighted by Crippen LogP contribution is -2.23. The predicted molar refractivity (Wildman–Crippen MR) is 124 cm³/mol. The number of nitro benzene ring substituents is 1. The number of nitro groups is 1. The zero-order valence-corrected chi connectivity index (χ0v) is 18.7. The van der Waals surface area contributed by atoms with Crippen LogP contribution in [0.2, 0.25) is 0 Å². The normalized spacial score (nSPS) is 11.0. The molecule has 0 radical (unpaired) electrons. The van der Waals surface area contributed by atoms with E-state index < -0.39 is 16.2 Å². The second kappa shape index (κ2) is 9.25. The molecule has 2 aromatic heterocycles. The summed E-state index contributed by atoms with van der Waals surface area (Å²) in [6.45, 7) is 3.96. The van der Waals surface area contributed by atoms with Crippen LogP contribution in [0.5, 0.6) is 0 Å². The quantitative estimate of drug-likeness (QED) is 0.243. The minimum absolute atomic E-state index is 0.0306. The van der Waals surface area contributed by atoms with Crippen molar-refractivity contribution in [3.8, 4) is 5.69 Å². The molecular formula is C22H20N6O4S. The summed E-state index contributed by atoms with van der Waals surface area (Å²) in [6, 6.07) is 13.8. The van der Waals surface area contributed by atoms with Gasteiger partial charge in [-0.1, -0.05) is 36.0 Å². The third-order valence-corrected chi connectivity index (χ3v) is 5.96. The van der Waals surface area contributed by atoms with E-state index in [9.17, 15) is 19.7 Å². The number of H-pyrrole nitrogens is 2. The molecule has 0 amide bonds. The van der Waals surface area contributed by atoms with Crippen molar-refractivity contribution in [2.24, 2.45) is 0 Å². The standard InChI is InChI=1S/C22H20N6O4S/c1-13-6-7-14(2)18(8-13)27-19(10-16-11-20(29)24-21(30)23-16)25-26-22(27)33-12-15-4-3-5-17(9-15)28(31)32/h3-9,11H,10,12H2,1-2H3,(H2,23,24,29,30). The molecule has 10 nitrogen and oxygen atoms in total. The summed E-state index contributed by atoms with van der Waals surface area (Å²) in [5, 5.41) is 20.3. The number of nitrogens with zero attached hydrogens (tertiary/aromatic N) is 4. The molecule has 0 bridgehead atoms. The van der Waals surface area contributed by atoms with E-state index in [-0.39, 0.29) is 12.1 Å². The van der Waals surface area contributed by atoms with E-state index in [0.717, 1.165) is 22.4 Å². The lowest BCUT2D eigenvalue weighted by atomic mass is 10.1.